The van der Waals surface area contributed by atoms with Crippen molar-refractivity contribution < 1.29 is 9.84 Å². The molecule has 3 N–H and O–H groups in total. The smallest absolute Gasteiger partial charge is 0.140 e. The molecule has 0 aliphatic carbocycles. The Bertz CT molecular complexity index is 78.5. The minimum absolute atomic E-state index is 0.0625. The monoisotopic (exact) mass is 117 g/mol. The Balaban J connectivity index is 2.40. The lowest BCUT2D eigenvalue weighted by Crippen LogP contribution is -2.42. The van der Waals surface area contributed by atoms with Crippen LogP contribution in [-0.4, -0.2) is 24.0 Å². The van der Waals surface area contributed by atoms with Crippen molar-refractivity contribution in [3.05, 3.63) is 0 Å². The number of hydrogen-bond donors (Lipinski definition) is 2. The van der Waals surface area contributed by atoms with Crippen molar-refractivity contribution in [2.45, 2.75) is 18.6 Å². The third-order valence-corrected chi connectivity index (χ3v) is 1.40. The zero-order valence-corrected chi connectivity index (χ0v) is 4.76. The van der Waals surface area contributed by atoms with Crippen LogP contribution in [0.4, 0.5) is 0 Å². The van der Waals surface area contributed by atoms with E-state index in [4.69, 9.17) is 15.6 Å². The molecule has 48 valence electrons. The lowest BCUT2D eigenvalue weighted by molar-refractivity contribution is -0.0333. The fraction of sp³-hybridized carbons (Fsp3) is 1.00. The fourth-order valence-corrected chi connectivity index (χ4v) is 0.844. The highest BCUT2D eigenvalue weighted by atomic mass is 16.5. The van der Waals surface area contributed by atoms with Crippen LogP contribution in [-0.2, 0) is 4.74 Å². The van der Waals surface area contributed by atoms with Crippen molar-refractivity contribution in [2.24, 2.45) is 5.73 Å². The molecule has 1 fully saturated rings. The zero-order valence-electron chi connectivity index (χ0n) is 4.76. The molecule has 1 aliphatic heterocycles. The first-order chi connectivity index (χ1) is 3.77. The maximum absolute atomic E-state index is 8.58. The minimum atomic E-state index is -0.708. The van der Waals surface area contributed by atoms with E-state index >= 15 is 0 Å². The van der Waals surface area contributed by atoms with E-state index < -0.39 is 5.72 Å². The van der Waals surface area contributed by atoms with Crippen LogP contribution in [0.25, 0.3) is 0 Å². The van der Waals surface area contributed by atoms with E-state index in [1.807, 2.05) is 0 Å². The molecular weight excluding hydrogens is 106 g/mol. The summed E-state index contributed by atoms with van der Waals surface area (Å²) in [4.78, 5) is 0. The Labute approximate surface area is 48.4 Å². The van der Waals surface area contributed by atoms with E-state index in [-0.39, 0.29) is 6.61 Å². The van der Waals surface area contributed by atoms with Crippen LogP contribution in [0.5, 0.6) is 0 Å². The summed E-state index contributed by atoms with van der Waals surface area (Å²) < 4.78 is 5.02. The Kier molecular flexibility index (Phi) is 1.51. The fourth-order valence-electron chi connectivity index (χ4n) is 0.844. The molecule has 1 aliphatic rings. The molecule has 0 aromatic heterocycles. The van der Waals surface area contributed by atoms with Crippen LogP contribution in [0.1, 0.15) is 12.8 Å². The van der Waals surface area contributed by atoms with Crippen LogP contribution >= 0.6 is 0 Å². The normalized spacial score (nSPS) is 38.2. The molecule has 0 aromatic rings. The van der Waals surface area contributed by atoms with Gasteiger partial charge in [0.15, 0.2) is 0 Å². The Morgan fingerprint density at radius 1 is 1.75 bits per heavy atom. The number of nitrogens with two attached hydrogens (primary N) is 1. The second kappa shape index (κ2) is 2.01. The van der Waals surface area contributed by atoms with Crippen molar-refractivity contribution in [1.82, 2.24) is 0 Å². The van der Waals surface area contributed by atoms with Gasteiger partial charge in [0.2, 0.25) is 0 Å². The van der Waals surface area contributed by atoms with Gasteiger partial charge < -0.3 is 15.6 Å². The standard InChI is InChI=1S/C5H11NO2/c6-5(4-7)2-1-3-8-5/h7H,1-4,6H2. The van der Waals surface area contributed by atoms with Gasteiger partial charge in [0.05, 0.1) is 6.61 Å². The lowest BCUT2D eigenvalue weighted by atomic mass is 10.2. The predicted molar refractivity (Wildman–Crippen MR) is 29.2 cm³/mol. The molecule has 0 saturated carbocycles. The van der Waals surface area contributed by atoms with E-state index in [2.05, 4.69) is 0 Å². The predicted octanol–water partition coefficient (Wildman–Crippen LogP) is -0.556. The first-order valence-electron chi connectivity index (χ1n) is 2.80. The largest absolute Gasteiger partial charge is 0.392 e. The highest BCUT2D eigenvalue weighted by molar-refractivity contribution is 4.76. The van der Waals surface area contributed by atoms with Crippen molar-refractivity contribution in [3.8, 4) is 0 Å². The van der Waals surface area contributed by atoms with Crippen molar-refractivity contribution in [1.29, 1.82) is 0 Å². The summed E-state index contributed by atoms with van der Waals surface area (Å²) in [6.07, 6.45) is 1.75. The summed E-state index contributed by atoms with van der Waals surface area (Å²) >= 11 is 0. The summed E-state index contributed by atoms with van der Waals surface area (Å²) in [6.45, 7) is 0.629. The van der Waals surface area contributed by atoms with Crippen LogP contribution in [0.3, 0.4) is 0 Å². The number of rotatable bonds is 1. The molecule has 0 bridgehead atoms. The zero-order chi connectivity index (χ0) is 6.04. The van der Waals surface area contributed by atoms with Crippen molar-refractivity contribution in [2.75, 3.05) is 13.2 Å². The quantitative estimate of drug-likeness (QED) is 0.484. The van der Waals surface area contributed by atoms with Gasteiger partial charge in [-0.15, -0.1) is 0 Å². The van der Waals surface area contributed by atoms with Gasteiger partial charge in [0, 0.05) is 6.61 Å². The van der Waals surface area contributed by atoms with E-state index in [0.29, 0.717) is 6.61 Å². The highest BCUT2D eigenvalue weighted by Gasteiger charge is 2.28. The molecule has 1 atom stereocenters. The summed E-state index contributed by atoms with van der Waals surface area (Å²) in [6, 6.07) is 0. The lowest BCUT2D eigenvalue weighted by Gasteiger charge is -2.18. The first kappa shape index (κ1) is 6.01. The van der Waals surface area contributed by atoms with Crippen LogP contribution in [0.15, 0.2) is 0 Å². The van der Waals surface area contributed by atoms with Gasteiger partial charge in [0.25, 0.3) is 0 Å². The Morgan fingerprint density at radius 3 is 2.75 bits per heavy atom. The second-order valence-electron chi connectivity index (χ2n) is 2.17. The summed E-state index contributed by atoms with van der Waals surface area (Å²) in [5.41, 5.74) is 4.78. The van der Waals surface area contributed by atoms with E-state index in [9.17, 15) is 0 Å². The van der Waals surface area contributed by atoms with Gasteiger partial charge in [0.1, 0.15) is 5.72 Å². The summed E-state index contributed by atoms with van der Waals surface area (Å²) in [5.74, 6) is 0. The molecule has 0 aromatic carbocycles. The number of hydrogen-bond acceptors (Lipinski definition) is 3. The first-order valence-corrected chi connectivity index (χ1v) is 2.80. The maximum Gasteiger partial charge on any atom is 0.140 e. The van der Waals surface area contributed by atoms with Crippen LogP contribution < -0.4 is 5.73 Å². The topological polar surface area (TPSA) is 55.5 Å². The Hall–Kier alpha value is -0.120. The molecule has 0 amide bonds. The highest BCUT2D eigenvalue weighted by Crippen LogP contribution is 2.18. The van der Waals surface area contributed by atoms with E-state index in [0.717, 1.165) is 12.8 Å². The third kappa shape index (κ3) is 0.992. The molecule has 0 spiro atoms. The average molecular weight is 117 g/mol. The molecular formula is C5H11NO2. The molecule has 0 radical (unpaired) electrons. The number of aliphatic hydroxyl groups is 1. The van der Waals surface area contributed by atoms with Gasteiger partial charge >= 0.3 is 0 Å². The molecule has 3 nitrogen and oxygen atoms in total. The van der Waals surface area contributed by atoms with Crippen molar-refractivity contribution >= 4 is 0 Å². The SMILES string of the molecule is NC1(CO)CCCO1. The molecule has 1 heterocycles. The van der Waals surface area contributed by atoms with Gasteiger partial charge in [-0.25, -0.2) is 0 Å². The van der Waals surface area contributed by atoms with Gasteiger partial charge in [-0.05, 0) is 12.8 Å². The summed E-state index contributed by atoms with van der Waals surface area (Å²) in [7, 11) is 0. The number of aliphatic hydroxyl groups excluding tert-OH is 1. The van der Waals surface area contributed by atoms with Gasteiger partial charge in [-0.1, -0.05) is 0 Å². The average Bonchev–Trinajstić information content (AvgIpc) is 2.17. The van der Waals surface area contributed by atoms with Crippen molar-refractivity contribution in [3.63, 3.8) is 0 Å². The Morgan fingerprint density at radius 2 is 2.50 bits per heavy atom. The molecule has 1 saturated heterocycles. The van der Waals surface area contributed by atoms with E-state index in [1.165, 1.54) is 0 Å². The van der Waals surface area contributed by atoms with Gasteiger partial charge in [-0.3, -0.25) is 0 Å². The van der Waals surface area contributed by atoms with Gasteiger partial charge in [-0.2, -0.15) is 0 Å². The molecule has 3 heteroatoms. The van der Waals surface area contributed by atoms with Crippen LogP contribution in [0.2, 0.25) is 0 Å². The minimum Gasteiger partial charge on any atom is -0.392 e. The molecule has 8 heavy (non-hydrogen) atoms. The summed E-state index contributed by atoms with van der Waals surface area (Å²) in [5, 5.41) is 8.58. The molecule has 1 rings (SSSR count). The van der Waals surface area contributed by atoms with Crippen LogP contribution in [0, 0.1) is 0 Å². The third-order valence-electron chi connectivity index (χ3n) is 1.40. The second-order valence-corrected chi connectivity index (χ2v) is 2.17. The van der Waals surface area contributed by atoms with E-state index in [1.54, 1.807) is 0 Å². The molecule has 1 unspecified atom stereocenters. The number of ether oxygens (including phenoxy) is 1. The maximum atomic E-state index is 8.58.